The van der Waals surface area contributed by atoms with Crippen LogP contribution in [0.15, 0.2) is 42.5 Å². The molecule has 0 spiro atoms. The Kier molecular flexibility index (Phi) is 4.54. The van der Waals surface area contributed by atoms with E-state index in [2.05, 4.69) is 5.32 Å². The number of hydrogen-bond donors (Lipinski definition) is 1. The predicted molar refractivity (Wildman–Crippen MR) is 97.8 cm³/mol. The molecule has 2 aliphatic rings. The van der Waals surface area contributed by atoms with Crippen LogP contribution in [0, 0.1) is 11.6 Å². The summed E-state index contributed by atoms with van der Waals surface area (Å²) in [5.74, 6) is -2.33. The molecule has 2 aromatic rings. The molecule has 6 nitrogen and oxygen atoms in total. The summed E-state index contributed by atoms with van der Waals surface area (Å²) in [6.45, 7) is 0.0615. The molecule has 1 fully saturated rings. The van der Waals surface area contributed by atoms with E-state index in [0.29, 0.717) is 25.1 Å². The normalized spacial score (nSPS) is 18.6. The van der Waals surface area contributed by atoms with Gasteiger partial charge in [-0.15, -0.1) is 0 Å². The summed E-state index contributed by atoms with van der Waals surface area (Å²) in [6, 6.07) is 8.12. The fourth-order valence-electron chi connectivity index (χ4n) is 3.67. The molecule has 0 aromatic heterocycles. The van der Waals surface area contributed by atoms with Crippen LogP contribution in [0.3, 0.4) is 0 Å². The molecule has 0 unspecified atom stereocenters. The Morgan fingerprint density at radius 1 is 1.07 bits per heavy atom. The van der Waals surface area contributed by atoms with Crippen molar-refractivity contribution in [3.05, 3.63) is 59.7 Å². The van der Waals surface area contributed by atoms with Gasteiger partial charge in [0.2, 0.25) is 11.8 Å². The number of benzene rings is 2. The van der Waals surface area contributed by atoms with Crippen molar-refractivity contribution in [2.45, 2.75) is 18.9 Å². The fraction of sp³-hybridized carbons (Fsp3) is 0.250. The van der Waals surface area contributed by atoms with Gasteiger partial charge in [0, 0.05) is 12.2 Å². The fourth-order valence-corrected chi connectivity index (χ4v) is 3.67. The lowest BCUT2D eigenvalue weighted by Crippen LogP contribution is -2.47. The van der Waals surface area contributed by atoms with Crippen LogP contribution in [-0.4, -0.2) is 41.8 Å². The Morgan fingerprint density at radius 2 is 1.79 bits per heavy atom. The van der Waals surface area contributed by atoms with Gasteiger partial charge in [-0.25, -0.2) is 8.78 Å². The number of rotatable bonds is 3. The van der Waals surface area contributed by atoms with Gasteiger partial charge in [-0.05, 0) is 55.3 Å². The second kappa shape index (κ2) is 7.03. The van der Waals surface area contributed by atoms with Gasteiger partial charge in [0.15, 0.2) is 0 Å². The first-order valence-corrected chi connectivity index (χ1v) is 8.91. The maximum atomic E-state index is 13.9. The van der Waals surface area contributed by atoms with Crippen LogP contribution in [0.5, 0.6) is 0 Å². The lowest BCUT2D eigenvalue weighted by atomic mass is 10.1. The van der Waals surface area contributed by atoms with E-state index in [9.17, 15) is 23.2 Å². The van der Waals surface area contributed by atoms with E-state index in [1.54, 1.807) is 0 Å². The van der Waals surface area contributed by atoms with Crippen LogP contribution in [0.4, 0.5) is 20.2 Å². The van der Waals surface area contributed by atoms with Gasteiger partial charge in [0.1, 0.15) is 24.2 Å². The zero-order valence-corrected chi connectivity index (χ0v) is 14.8. The second-order valence-electron chi connectivity index (χ2n) is 6.80. The molecule has 2 aliphatic heterocycles. The molecule has 0 bridgehead atoms. The van der Waals surface area contributed by atoms with Gasteiger partial charge >= 0.3 is 0 Å². The summed E-state index contributed by atoms with van der Waals surface area (Å²) in [5.41, 5.74) is 0.638. The first kappa shape index (κ1) is 18.1. The number of nitrogens with zero attached hydrogens (tertiary/aromatic N) is 2. The monoisotopic (exact) mass is 385 g/mol. The van der Waals surface area contributed by atoms with E-state index in [1.165, 1.54) is 35.2 Å². The number of amides is 3. The quantitative estimate of drug-likeness (QED) is 0.883. The molecular weight excluding hydrogens is 368 g/mol. The lowest BCUT2D eigenvalue weighted by Gasteiger charge is -2.25. The number of fused-ring (bicyclic) bond motifs is 2. The third-order valence-corrected chi connectivity index (χ3v) is 4.98. The van der Waals surface area contributed by atoms with Crippen molar-refractivity contribution >= 4 is 29.1 Å². The van der Waals surface area contributed by atoms with Crippen molar-refractivity contribution in [3.63, 3.8) is 0 Å². The molecule has 4 rings (SSSR count). The zero-order chi connectivity index (χ0) is 19.8. The first-order valence-electron chi connectivity index (χ1n) is 8.91. The van der Waals surface area contributed by atoms with Crippen molar-refractivity contribution in [2.24, 2.45) is 0 Å². The van der Waals surface area contributed by atoms with Crippen LogP contribution in [-0.2, 0) is 9.59 Å². The molecule has 1 N–H and O–H groups in total. The second-order valence-corrected chi connectivity index (χ2v) is 6.80. The van der Waals surface area contributed by atoms with E-state index in [0.717, 1.165) is 17.0 Å². The summed E-state index contributed by atoms with van der Waals surface area (Å²) in [4.78, 5) is 41.0. The van der Waals surface area contributed by atoms with Gasteiger partial charge < -0.3 is 15.1 Å². The summed E-state index contributed by atoms with van der Waals surface area (Å²) in [7, 11) is 0. The number of nitrogens with one attached hydrogen (secondary N) is 1. The van der Waals surface area contributed by atoms with E-state index in [1.807, 2.05) is 0 Å². The average Bonchev–Trinajstić information content (AvgIpc) is 3.14. The Bertz CT molecular complexity index is 962. The topological polar surface area (TPSA) is 69.7 Å². The first-order chi connectivity index (χ1) is 13.4. The van der Waals surface area contributed by atoms with Crippen LogP contribution in [0.25, 0.3) is 0 Å². The maximum absolute atomic E-state index is 13.9. The molecule has 8 heteroatoms. The number of carbonyl (C=O) groups is 3. The summed E-state index contributed by atoms with van der Waals surface area (Å²) in [5, 5.41) is 2.58. The van der Waals surface area contributed by atoms with E-state index >= 15 is 0 Å². The van der Waals surface area contributed by atoms with Gasteiger partial charge in [0.05, 0.1) is 11.3 Å². The molecule has 0 aliphatic carbocycles. The Balaban J connectivity index is 1.66. The van der Waals surface area contributed by atoms with Crippen molar-refractivity contribution in [1.29, 1.82) is 0 Å². The third-order valence-electron chi connectivity index (χ3n) is 4.98. The third kappa shape index (κ3) is 3.21. The average molecular weight is 385 g/mol. The van der Waals surface area contributed by atoms with Crippen LogP contribution in [0.2, 0.25) is 0 Å². The molecule has 2 heterocycles. The highest BCUT2D eigenvalue weighted by atomic mass is 19.1. The number of hydrogen-bond acceptors (Lipinski definition) is 3. The molecule has 3 amide bonds. The number of halogens is 2. The van der Waals surface area contributed by atoms with Gasteiger partial charge in [0.25, 0.3) is 5.91 Å². The van der Waals surface area contributed by atoms with Crippen molar-refractivity contribution in [3.8, 4) is 0 Å². The smallest absolute Gasteiger partial charge is 0.256 e. The van der Waals surface area contributed by atoms with Crippen LogP contribution >= 0.6 is 0 Å². The molecule has 28 heavy (non-hydrogen) atoms. The van der Waals surface area contributed by atoms with Gasteiger partial charge in [-0.3, -0.25) is 14.4 Å². The SMILES string of the molecule is O=C(CN1C(=O)[C@@H]2CCCN2C(=O)c2ccc(F)cc21)Nc1ccc(F)cc1. The van der Waals surface area contributed by atoms with E-state index < -0.39 is 29.5 Å². The molecule has 1 saturated heterocycles. The number of carbonyl (C=O) groups excluding carboxylic acids is 3. The van der Waals surface area contributed by atoms with Gasteiger partial charge in [-0.2, -0.15) is 0 Å². The minimum atomic E-state index is -0.665. The minimum absolute atomic E-state index is 0.0821. The van der Waals surface area contributed by atoms with Crippen molar-refractivity contribution < 1.29 is 23.2 Å². The molecule has 0 saturated carbocycles. The number of anilines is 2. The van der Waals surface area contributed by atoms with Crippen molar-refractivity contribution in [2.75, 3.05) is 23.3 Å². The Hall–Kier alpha value is -3.29. The molecular formula is C20H17F2N3O3. The molecule has 1 atom stereocenters. The highest BCUT2D eigenvalue weighted by molar-refractivity contribution is 6.13. The largest absolute Gasteiger partial charge is 0.327 e. The highest BCUT2D eigenvalue weighted by Crippen LogP contribution is 2.32. The Morgan fingerprint density at radius 3 is 2.54 bits per heavy atom. The molecule has 2 aromatic carbocycles. The molecule has 0 radical (unpaired) electrons. The zero-order valence-electron chi connectivity index (χ0n) is 14.8. The summed E-state index contributed by atoms with van der Waals surface area (Å²) < 4.78 is 26.9. The summed E-state index contributed by atoms with van der Waals surface area (Å²) in [6.07, 6.45) is 1.19. The van der Waals surface area contributed by atoms with Gasteiger partial charge in [-0.1, -0.05) is 0 Å². The Labute approximate surface area is 159 Å². The van der Waals surface area contributed by atoms with Crippen LogP contribution in [0.1, 0.15) is 23.2 Å². The maximum Gasteiger partial charge on any atom is 0.256 e. The lowest BCUT2D eigenvalue weighted by molar-refractivity contribution is -0.124. The predicted octanol–water partition coefficient (Wildman–Crippen LogP) is 2.55. The minimum Gasteiger partial charge on any atom is -0.327 e. The summed E-state index contributed by atoms with van der Waals surface area (Å²) >= 11 is 0. The standard InChI is InChI=1S/C20H17F2N3O3/c21-12-3-6-14(7-4-12)23-18(26)11-25-17-10-13(22)5-8-15(17)19(27)24-9-1-2-16(24)20(25)28/h3-8,10,16H,1-2,9,11H2,(H,23,26)/t16-/m0/s1. The molecule has 144 valence electrons. The highest BCUT2D eigenvalue weighted by Gasteiger charge is 2.42. The van der Waals surface area contributed by atoms with E-state index in [-0.39, 0.29) is 23.7 Å². The van der Waals surface area contributed by atoms with Crippen LogP contribution < -0.4 is 10.2 Å². The van der Waals surface area contributed by atoms with E-state index in [4.69, 9.17) is 0 Å². The van der Waals surface area contributed by atoms with Crippen molar-refractivity contribution in [1.82, 2.24) is 4.90 Å².